The lowest BCUT2D eigenvalue weighted by Crippen LogP contribution is -2.30. The van der Waals surface area contributed by atoms with E-state index in [0.717, 1.165) is 4.47 Å². The van der Waals surface area contributed by atoms with E-state index in [1.807, 2.05) is 12.1 Å². The van der Waals surface area contributed by atoms with Gasteiger partial charge in [-0.3, -0.25) is 4.79 Å². The van der Waals surface area contributed by atoms with Gasteiger partial charge in [-0.15, -0.1) is 0 Å². The number of benzene rings is 1. The normalized spacial score (nSPS) is 12.2. The van der Waals surface area contributed by atoms with Gasteiger partial charge >= 0.3 is 0 Å². The average Bonchev–Trinajstić information content (AvgIpc) is 2.08. The van der Waals surface area contributed by atoms with E-state index in [4.69, 9.17) is 10.5 Å². The highest BCUT2D eigenvalue weighted by atomic mass is 79.9. The first kappa shape index (κ1) is 10.1. The Morgan fingerprint density at radius 3 is 2.46 bits per heavy atom. The zero-order chi connectivity index (χ0) is 9.84. The Hall–Kier alpha value is -1.03. The van der Waals surface area contributed by atoms with E-state index < -0.39 is 12.0 Å². The van der Waals surface area contributed by atoms with Crippen LogP contribution < -0.4 is 10.5 Å². The van der Waals surface area contributed by atoms with E-state index in [-0.39, 0.29) is 0 Å². The molecule has 0 bridgehead atoms. The van der Waals surface area contributed by atoms with Gasteiger partial charge in [0.1, 0.15) is 5.75 Å². The molecule has 0 aliphatic rings. The summed E-state index contributed by atoms with van der Waals surface area (Å²) >= 11 is 3.29. The summed E-state index contributed by atoms with van der Waals surface area (Å²) in [5, 5.41) is 0. The summed E-state index contributed by atoms with van der Waals surface area (Å²) in [5.74, 6) is 0.164. The molecule has 1 amide bonds. The fraction of sp³-hybridized carbons (Fsp3) is 0.222. The molecule has 70 valence electrons. The summed E-state index contributed by atoms with van der Waals surface area (Å²) in [6, 6.07) is 7.21. The molecular formula is C9H10BrNO2. The molecule has 13 heavy (non-hydrogen) atoms. The number of hydrogen-bond acceptors (Lipinski definition) is 2. The molecule has 2 N–H and O–H groups in total. The number of halogens is 1. The first-order valence-corrected chi connectivity index (χ1v) is 4.60. The van der Waals surface area contributed by atoms with Crippen LogP contribution in [0.2, 0.25) is 0 Å². The molecule has 0 radical (unpaired) electrons. The second kappa shape index (κ2) is 4.28. The number of nitrogens with two attached hydrogens (primary N) is 1. The van der Waals surface area contributed by atoms with Gasteiger partial charge in [0.2, 0.25) is 0 Å². The Labute approximate surface area is 85.0 Å². The lowest BCUT2D eigenvalue weighted by Gasteiger charge is -2.10. The van der Waals surface area contributed by atoms with Crippen LogP contribution in [-0.2, 0) is 4.79 Å². The highest BCUT2D eigenvalue weighted by molar-refractivity contribution is 9.10. The van der Waals surface area contributed by atoms with E-state index in [1.54, 1.807) is 19.1 Å². The monoisotopic (exact) mass is 243 g/mol. The first-order valence-electron chi connectivity index (χ1n) is 3.81. The van der Waals surface area contributed by atoms with Gasteiger partial charge in [0.15, 0.2) is 6.10 Å². The maximum Gasteiger partial charge on any atom is 0.258 e. The van der Waals surface area contributed by atoms with Crippen molar-refractivity contribution in [1.82, 2.24) is 0 Å². The quantitative estimate of drug-likeness (QED) is 0.879. The summed E-state index contributed by atoms with van der Waals surface area (Å²) in [5.41, 5.74) is 5.04. The van der Waals surface area contributed by atoms with Crippen molar-refractivity contribution >= 4 is 21.8 Å². The third-order valence-corrected chi connectivity index (χ3v) is 2.06. The minimum Gasteiger partial charge on any atom is -0.481 e. The van der Waals surface area contributed by atoms with E-state index >= 15 is 0 Å². The Kier molecular flexibility index (Phi) is 3.31. The van der Waals surface area contributed by atoms with Crippen LogP contribution in [0.25, 0.3) is 0 Å². The summed E-state index contributed by atoms with van der Waals surface area (Å²) in [7, 11) is 0. The Bertz CT molecular complexity index is 297. The van der Waals surface area contributed by atoms with Crippen LogP contribution >= 0.6 is 15.9 Å². The summed E-state index contributed by atoms with van der Waals surface area (Å²) < 4.78 is 6.20. The van der Waals surface area contributed by atoms with E-state index in [9.17, 15) is 4.79 Å². The molecule has 1 aromatic carbocycles. The van der Waals surface area contributed by atoms with Gasteiger partial charge in [0.25, 0.3) is 5.91 Å². The van der Waals surface area contributed by atoms with Crippen LogP contribution in [0.5, 0.6) is 5.75 Å². The van der Waals surface area contributed by atoms with Gasteiger partial charge in [-0.05, 0) is 31.2 Å². The molecule has 4 heteroatoms. The Balaban J connectivity index is 2.64. The number of primary amides is 1. The summed E-state index contributed by atoms with van der Waals surface area (Å²) in [6.07, 6.45) is -0.596. The van der Waals surface area contributed by atoms with Crippen LogP contribution in [0.3, 0.4) is 0 Å². The number of hydrogen-bond donors (Lipinski definition) is 1. The summed E-state index contributed by atoms with van der Waals surface area (Å²) in [6.45, 7) is 1.62. The third-order valence-electron chi connectivity index (χ3n) is 1.53. The van der Waals surface area contributed by atoms with Crippen molar-refractivity contribution in [3.8, 4) is 5.75 Å². The largest absolute Gasteiger partial charge is 0.481 e. The van der Waals surface area contributed by atoms with Crippen molar-refractivity contribution < 1.29 is 9.53 Å². The maximum absolute atomic E-state index is 10.7. The van der Waals surface area contributed by atoms with Crippen LogP contribution in [0, 0.1) is 0 Å². The number of amides is 1. The molecule has 3 nitrogen and oxygen atoms in total. The van der Waals surface area contributed by atoms with Crippen molar-refractivity contribution in [2.45, 2.75) is 13.0 Å². The van der Waals surface area contributed by atoms with Crippen LogP contribution in [0.1, 0.15) is 6.92 Å². The van der Waals surface area contributed by atoms with E-state index in [2.05, 4.69) is 15.9 Å². The molecule has 0 aliphatic heterocycles. The predicted octanol–water partition coefficient (Wildman–Crippen LogP) is 1.70. The molecule has 1 aromatic rings. The highest BCUT2D eigenvalue weighted by Crippen LogP contribution is 2.16. The second-order valence-corrected chi connectivity index (χ2v) is 3.53. The molecule has 0 unspecified atom stereocenters. The standard InChI is InChI=1S/C9H10BrNO2/c1-6(9(11)12)13-8-4-2-7(10)3-5-8/h2-6H,1H3,(H2,11,12)/t6-/m0/s1. The fourth-order valence-electron chi connectivity index (χ4n) is 0.775. The van der Waals surface area contributed by atoms with E-state index in [1.165, 1.54) is 0 Å². The molecule has 0 saturated carbocycles. The van der Waals surface area contributed by atoms with Crippen molar-refractivity contribution in [2.24, 2.45) is 5.73 Å². The van der Waals surface area contributed by atoms with Crippen molar-refractivity contribution in [3.63, 3.8) is 0 Å². The van der Waals surface area contributed by atoms with Gasteiger partial charge < -0.3 is 10.5 Å². The minimum atomic E-state index is -0.596. The van der Waals surface area contributed by atoms with Crippen molar-refractivity contribution in [3.05, 3.63) is 28.7 Å². The van der Waals surface area contributed by atoms with Crippen LogP contribution in [0.15, 0.2) is 28.7 Å². The zero-order valence-electron chi connectivity index (χ0n) is 7.16. The molecule has 1 rings (SSSR count). The maximum atomic E-state index is 10.7. The molecule has 1 atom stereocenters. The number of rotatable bonds is 3. The molecule has 0 spiro atoms. The SMILES string of the molecule is C[C@H](Oc1ccc(Br)cc1)C(N)=O. The zero-order valence-corrected chi connectivity index (χ0v) is 8.74. The Morgan fingerprint density at radius 2 is 2.00 bits per heavy atom. The molecule has 0 heterocycles. The minimum absolute atomic E-state index is 0.470. The number of carbonyl (C=O) groups is 1. The third kappa shape index (κ3) is 3.06. The first-order chi connectivity index (χ1) is 6.09. The molecule has 0 aromatic heterocycles. The van der Waals surface area contributed by atoms with Crippen LogP contribution in [-0.4, -0.2) is 12.0 Å². The lowest BCUT2D eigenvalue weighted by molar-refractivity contribution is -0.123. The van der Waals surface area contributed by atoms with Crippen LogP contribution in [0.4, 0.5) is 0 Å². The average molecular weight is 244 g/mol. The number of ether oxygens (including phenoxy) is 1. The fourth-order valence-corrected chi connectivity index (χ4v) is 1.04. The van der Waals surface area contributed by atoms with Gasteiger partial charge in [-0.25, -0.2) is 0 Å². The van der Waals surface area contributed by atoms with Crippen molar-refractivity contribution in [2.75, 3.05) is 0 Å². The highest BCUT2D eigenvalue weighted by Gasteiger charge is 2.09. The topological polar surface area (TPSA) is 52.3 Å². The number of carbonyl (C=O) groups excluding carboxylic acids is 1. The van der Waals surface area contributed by atoms with Gasteiger partial charge in [-0.2, -0.15) is 0 Å². The predicted molar refractivity (Wildman–Crippen MR) is 53.4 cm³/mol. The molecule has 0 saturated heterocycles. The van der Waals surface area contributed by atoms with E-state index in [0.29, 0.717) is 5.75 Å². The molecule has 0 aliphatic carbocycles. The van der Waals surface area contributed by atoms with Gasteiger partial charge in [0.05, 0.1) is 0 Å². The summed E-state index contributed by atoms with van der Waals surface area (Å²) in [4.78, 5) is 10.7. The van der Waals surface area contributed by atoms with Gasteiger partial charge in [-0.1, -0.05) is 15.9 Å². The Morgan fingerprint density at radius 1 is 1.46 bits per heavy atom. The second-order valence-electron chi connectivity index (χ2n) is 2.62. The van der Waals surface area contributed by atoms with Gasteiger partial charge in [0, 0.05) is 4.47 Å². The smallest absolute Gasteiger partial charge is 0.258 e. The lowest BCUT2D eigenvalue weighted by atomic mass is 10.3. The molecular weight excluding hydrogens is 234 g/mol. The molecule has 0 fully saturated rings. The van der Waals surface area contributed by atoms with Crippen molar-refractivity contribution in [1.29, 1.82) is 0 Å².